The molecule has 2 aromatic rings. The van der Waals surface area contributed by atoms with Crippen LogP contribution in [-0.2, 0) is 11.2 Å². The van der Waals surface area contributed by atoms with Crippen molar-refractivity contribution >= 4 is 34.6 Å². The van der Waals surface area contributed by atoms with Crippen LogP contribution < -0.4 is 4.74 Å². The van der Waals surface area contributed by atoms with Crippen molar-refractivity contribution in [1.82, 2.24) is 4.90 Å². The first kappa shape index (κ1) is 23.2. The quantitative estimate of drug-likeness (QED) is 0.403. The number of amides is 1. The molecule has 2 aliphatic rings. The Morgan fingerprint density at radius 3 is 2.70 bits per heavy atom. The van der Waals surface area contributed by atoms with Gasteiger partial charge in [0.1, 0.15) is 0 Å². The van der Waals surface area contributed by atoms with Gasteiger partial charge in [-0.2, -0.15) is 0 Å². The molecule has 1 saturated carbocycles. The van der Waals surface area contributed by atoms with Crippen LogP contribution >= 0.6 is 11.8 Å². The second kappa shape index (κ2) is 10.3. The minimum absolute atomic E-state index is 0.00857. The number of carbonyl (C=O) groups is 1. The number of thioether (sulfide) groups is 1. The summed E-state index contributed by atoms with van der Waals surface area (Å²) in [6, 6.07) is 13.6. The standard InChI is InChI=1S/C27H30N2O3S/c1-4-10-20-15-19(16-23(32-3)25(20)30)17-24-26(31)29(22-14-9-8-11-18(22)2)27(33-24)28-21-12-6-5-7-13-21/h4-7,12-13,15-18,22,30H,1,8-11,14H2,2-3H3/b24-17-,28-27?/t18-,22-/m1/s1. The maximum atomic E-state index is 13.6. The zero-order valence-corrected chi connectivity index (χ0v) is 20.0. The molecule has 6 heteroatoms. The van der Waals surface area contributed by atoms with Crippen LogP contribution in [0.15, 0.2) is 65.0 Å². The summed E-state index contributed by atoms with van der Waals surface area (Å²) < 4.78 is 5.36. The Kier molecular flexibility index (Phi) is 7.23. The molecule has 5 nitrogen and oxygen atoms in total. The molecule has 1 amide bonds. The van der Waals surface area contributed by atoms with Gasteiger partial charge in [-0.3, -0.25) is 9.69 Å². The number of aromatic hydroxyl groups is 1. The third-order valence-corrected chi connectivity index (χ3v) is 7.26. The van der Waals surface area contributed by atoms with E-state index in [9.17, 15) is 9.90 Å². The predicted molar refractivity (Wildman–Crippen MR) is 136 cm³/mol. The van der Waals surface area contributed by atoms with Crippen LogP contribution in [0.2, 0.25) is 0 Å². The number of aliphatic imine (C=N–C) groups is 1. The minimum atomic E-state index is -0.00857. The van der Waals surface area contributed by atoms with Crippen molar-refractivity contribution in [3.05, 3.63) is 71.2 Å². The summed E-state index contributed by atoms with van der Waals surface area (Å²) in [7, 11) is 1.52. The first-order chi connectivity index (χ1) is 16.0. The van der Waals surface area contributed by atoms with Gasteiger partial charge in [-0.15, -0.1) is 6.58 Å². The number of ether oxygens (including phenoxy) is 1. The number of hydrogen-bond acceptors (Lipinski definition) is 5. The Morgan fingerprint density at radius 1 is 1.24 bits per heavy atom. The van der Waals surface area contributed by atoms with Crippen molar-refractivity contribution in [2.24, 2.45) is 10.9 Å². The summed E-state index contributed by atoms with van der Waals surface area (Å²) in [6.07, 6.45) is 8.56. The number of carbonyl (C=O) groups excluding carboxylic acids is 1. The molecule has 1 N–H and O–H groups in total. The number of hydrogen-bond donors (Lipinski definition) is 1. The smallest absolute Gasteiger partial charge is 0.267 e. The summed E-state index contributed by atoms with van der Waals surface area (Å²) in [5, 5.41) is 11.1. The lowest BCUT2D eigenvalue weighted by molar-refractivity contribution is -0.124. The van der Waals surface area contributed by atoms with Crippen LogP contribution in [0.5, 0.6) is 11.5 Å². The van der Waals surface area contributed by atoms with Crippen molar-refractivity contribution < 1.29 is 14.6 Å². The van der Waals surface area contributed by atoms with E-state index < -0.39 is 0 Å². The van der Waals surface area contributed by atoms with Gasteiger partial charge >= 0.3 is 0 Å². The zero-order chi connectivity index (χ0) is 23.4. The molecule has 2 fully saturated rings. The first-order valence-corrected chi connectivity index (χ1v) is 12.2. The van der Waals surface area contributed by atoms with Gasteiger partial charge in [0.25, 0.3) is 5.91 Å². The molecule has 1 heterocycles. The number of nitrogens with zero attached hydrogens (tertiary/aromatic N) is 2. The summed E-state index contributed by atoms with van der Waals surface area (Å²) >= 11 is 1.41. The van der Waals surface area contributed by atoms with E-state index in [2.05, 4.69) is 13.5 Å². The highest BCUT2D eigenvalue weighted by Gasteiger charge is 2.41. The fourth-order valence-corrected chi connectivity index (χ4v) is 5.59. The second-order valence-corrected chi connectivity index (χ2v) is 9.58. The third kappa shape index (κ3) is 5.01. The number of phenols is 1. The molecule has 2 aromatic carbocycles. The summed E-state index contributed by atoms with van der Waals surface area (Å²) in [5.74, 6) is 0.906. The number of para-hydroxylation sites is 1. The van der Waals surface area contributed by atoms with Crippen molar-refractivity contribution in [3.8, 4) is 11.5 Å². The molecule has 0 unspecified atom stereocenters. The lowest BCUT2D eigenvalue weighted by Gasteiger charge is -2.35. The van der Waals surface area contributed by atoms with Crippen LogP contribution in [0.3, 0.4) is 0 Å². The average Bonchev–Trinajstić information content (AvgIpc) is 3.11. The van der Waals surface area contributed by atoms with Gasteiger partial charge in [0.15, 0.2) is 16.7 Å². The van der Waals surface area contributed by atoms with E-state index in [4.69, 9.17) is 9.73 Å². The first-order valence-electron chi connectivity index (χ1n) is 11.4. The zero-order valence-electron chi connectivity index (χ0n) is 19.2. The molecule has 0 radical (unpaired) electrons. The van der Waals surface area contributed by atoms with Crippen LogP contribution in [0.4, 0.5) is 5.69 Å². The van der Waals surface area contributed by atoms with Crippen molar-refractivity contribution in [2.75, 3.05) is 7.11 Å². The molecule has 0 aromatic heterocycles. The van der Waals surface area contributed by atoms with Crippen LogP contribution in [-0.4, -0.2) is 34.2 Å². The predicted octanol–water partition coefficient (Wildman–Crippen LogP) is 6.31. The molecule has 1 aliphatic carbocycles. The monoisotopic (exact) mass is 462 g/mol. The van der Waals surface area contributed by atoms with Gasteiger partial charge in [-0.25, -0.2) is 4.99 Å². The number of allylic oxidation sites excluding steroid dienone is 1. The third-order valence-electron chi connectivity index (χ3n) is 6.27. The van der Waals surface area contributed by atoms with Gasteiger partial charge < -0.3 is 9.84 Å². The van der Waals surface area contributed by atoms with Crippen molar-refractivity contribution in [3.63, 3.8) is 0 Å². The van der Waals surface area contributed by atoms with Crippen molar-refractivity contribution in [1.29, 1.82) is 0 Å². The molecular weight excluding hydrogens is 432 g/mol. The van der Waals surface area contributed by atoms with Gasteiger partial charge in [0.2, 0.25) is 0 Å². The van der Waals surface area contributed by atoms with Crippen molar-refractivity contribution in [2.45, 2.75) is 45.1 Å². The van der Waals surface area contributed by atoms with E-state index in [0.717, 1.165) is 35.7 Å². The largest absolute Gasteiger partial charge is 0.504 e. The van der Waals surface area contributed by atoms with E-state index >= 15 is 0 Å². The number of methoxy groups -OCH3 is 1. The van der Waals surface area contributed by atoms with Gasteiger partial charge in [0, 0.05) is 11.6 Å². The van der Waals surface area contributed by atoms with Crippen LogP contribution in [0.25, 0.3) is 6.08 Å². The van der Waals surface area contributed by atoms with E-state index in [0.29, 0.717) is 28.6 Å². The Balaban J connectivity index is 1.75. The fraction of sp³-hybridized carbons (Fsp3) is 0.333. The lowest BCUT2D eigenvalue weighted by atomic mass is 9.85. The molecule has 1 aliphatic heterocycles. The van der Waals surface area contributed by atoms with E-state index in [-0.39, 0.29) is 17.7 Å². The highest BCUT2D eigenvalue weighted by Crippen LogP contribution is 2.41. The molecule has 0 bridgehead atoms. The molecular formula is C27H30N2O3S. The van der Waals surface area contributed by atoms with Gasteiger partial charge in [-0.05, 0) is 72.8 Å². The number of phenolic OH excluding ortho intramolecular Hbond substituents is 1. The second-order valence-electron chi connectivity index (χ2n) is 8.57. The van der Waals surface area contributed by atoms with E-state index in [1.165, 1.54) is 25.3 Å². The molecule has 4 rings (SSSR count). The van der Waals surface area contributed by atoms with Gasteiger partial charge in [0.05, 0.1) is 17.7 Å². The topological polar surface area (TPSA) is 62.1 Å². The van der Waals surface area contributed by atoms with Crippen LogP contribution in [0, 0.1) is 5.92 Å². The number of benzene rings is 2. The average molecular weight is 463 g/mol. The van der Waals surface area contributed by atoms with E-state index in [1.807, 2.05) is 47.4 Å². The molecule has 33 heavy (non-hydrogen) atoms. The minimum Gasteiger partial charge on any atom is -0.504 e. The maximum absolute atomic E-state index is 13.6. The summed E-state index contributed by atoms with van der Waals surface area (Å²) in [5.41, 5.74) is 2.35. The number of amidine groups is 1. The highest BCUT2D eigenvalue weighted by molar-refractivity contribution is 8.18. The Bertz CT molecular complexity index is 1090. The lowest BCUT2D eigenvalue weighted by Crippen LogP contribution is -2.44. The SMILES string of the molecule is C=CCc1cc(/C=C2\SC(=Nc3ccccc3)N([C@@H]3CCCC[C@H]3C)C2=O)cc(OC)c1O. The Hall–Kier alpha value is -2.99. The molecule has 2 atom stereocenters. The van der Waals surface area contributed by atoms with Crippen LogP contribution in [0.1, 0.15) is 43.7 Å². The maximum Gasteiger partial charge on any atom is 0.267 e. The highest BCUT2D eigenvalue weighted by atomic mass is 32.2. The Morgan fingerprint density at radius 2 is 2.00 bits per heavy atom. The normalized spacial score (nSPS) is 23.3. The van der Waals surface area contributed by atoms with E-state index in [1.54, 1.807) is 12.1 Å². The fourth-order valence-electron chi connectivity index (χ4n) is 4.54. The molecule has 0 spiro atoms. The Labute approximate surface area is 199 Å². The summed E-state index contributed by atoms with van der Waals surface area (Å²) in [6.45, 7) is 6.00. The summed E-state index contributed by atoms with van der Waals surface area (Å²) in [4.78, 5) is 21.0. The molecule has 172 valence electrons. The number of rotatable bonds is 6. The van der Waals surface area contributed by atoms with Gasteiger partial charge in [-0.1, -0.05) is 44.0 Å². The molecule has 1 saturated heterocycles.